The molecule has 0 atom stereocenters. The van der Waals surface area contributed by atoms with Crippen molar-refractivity contribution in [3.8, 4) is 11.5 Å². The van der Waals surface area contributed by atoms with Gasteiger partial charge in [0.2, 0.25) is 11.6 Å². The molecule has 0 saturated heterocycles. The van der Waals surface area contributed by atoms with Crippen molar-refractivity contribution in [1.29, 1.82) is 0 Å². The second-order valence-electron chi connectivity index (χ2n) is 4.59. The summed E-state index contributed by atoms with van der Waals surface area (Å²) in [5.74, 6) is -0.182. The van der Waals surface area contributed by atoms with Gasteiger partial charge in [-0.3, -0.25) is 9.59 Å². The first-order valence-electron chi connectivity index (χ1n) is 6.44. The predicted octanol–water partition coefficient (Wildman–Crippen LogP) is 3.08. The van der Waals surface area contributed by atoms with E-state index < -0.39 is 11.6 Å². The van der Waals surface area contributed by atoms with Gasteiger partial charge in [0.1, 0.15) is 0 Å². The minimum Gasteiger partial charge on any atom is -0.493 e. The molecule has 0 bridgehead atoms. The molecule has 2 aromatic carbocycles. The van der Waals surface area contributed by atoms with Crippen molar-refractivity contribution >= 4 is 11.6 Å². The monoisotopic (exact) mass is 284 g/mol. The van der Waals surface area contributed by atoms with Gasteiger partial charge in [-0.05, 0) is 25.1 Å². The van der Waals surface area contributed by atoms with Gasteiger partial charge < -0.3 is 9.47 Å². The Hall–Kier alpha value is -2.62. The van der Waals surface area contributed by atoms with Gasteiger partial charge in [0.15, 0.2) is 11.5 Å². The van der Waals surface area contributed by atoms with Gasteiger partial charge in [-0.1, -0.05) is 29.8 Å². The maximum Gasteiger partial charge on any atom is 0.233 e. The maximum absolute atomic E-state index is 12.3. The van der Waals surface area contributed by atoms with Crippen LogP contribution in [0, 0.1) is 6.92 Å². The molecule has 0 aliphatic carbocycles. The fraction of sp³-hybridized carbons (Fsp3) is 0.176. The van der Waals surface area contributed by atoms with E-state index in [-0.39, 0.29) is 5.56 Å². The lowest BCUT2D eigenvalue weighted by Gasteiger charge is -2.08. The Morgan fingerprint density at radius 3 is 1.86 bits per heavy atom. The molecular formula is C17H16O4. The zero-order valence-electron chi connectivity index (χ0n) is 12.2. The lowest BCUT2D eigenvalue weighted by Crippen LogP contribution is -2.14. The van der Waals surface area contributed by atoms with Crippen LogP contribution in [0.15, 0.2) is 42.5 Å². The van der Waals surface area contributed by atoms with Crippen LogP contribution in [0.4, 0.5) is 0 Å². The average molecular weight is 284 g/mol. The molecule has 0 N–H and O–H groups in total. The number of hydrogen-bond donors (Lipinski definition) is 0. The summed E-state index contributed by atoms with van der Waals surface area (Å²) in [5, 5.41) is 0. The van der Waals surface area contributed by atoms with Crippen LogP contribution >= 0.6 is 0 Å². The fourth-order valence-corrected chi connectivity index (χ4v) is 1.94. The summed E-state index contributed by atoms with van der Waals surface area (Å²) in [6.07, 6.45) is 0. The van der Waals surface area contributed by atoms with Gasteiger partial charge in [0.05, 0.1) is 14.2 Å². The number of carbonyl (C=O) groups is 2. The molecule has 0 fully saturated rings. The average Bonchev–Trinajstić information content (AvgIpc) is 2.53. The molecule has 0 radical (unpaired) electrons. The second-order valence-corrected chi connectivity index (χ2v) is 4.59. The number of methoxy groups -OCH3 is 2. The summed E-state index contributed by atoms with van der Waals surface area (Å²) in [5.41, 5.74) is 1.68. The summed E-state index contributed by atoms with van der Waals surface area (Å²) in [6, 6.07) is 11.6. The van der Waals surface area contributed by atoms with Crippen LogP contribution < -0.4 is 9.47 Å². The Morgan fingerprint density at radius 1 is 0.762 bits per heavy atom. The summed E-state index contributed by atoms with van der Waals surface area (Å²) in [6.45, 7) is 1.92. The molecule has 0 unspecified atom stereocenters. The van der Waals surface area contributed by atoms with Crippen LogP contribution in [-0.2, 0) is 0 Å². The molecule has 0 aliphatic rings. The van der Waals surface area contributed by atoms with Crippen molar-refractivity contribution in [2.75, 3.05) is 14.2 Å². The number of ether oxygens (including phenoxy) is 2. The normalized spacial score (nSPS) is 10.0. The number of Topliss-reactive ketones (excluding diaryl/α,β-unsaturated/α-hetero) is 2. The third kappa shape index (κ3) is 3.11. The molecule has 2 aromatic rings. The minimum absolute atomic E-state index is 0.276. The van der Waals surface area contributed by atoms with E-state index in [9.17, 15) is 9.59 Å². The first kappa shape index (κ1) is 14.8. The highest BCUT2D eigenvalue weighted by atomic mass is 16.5. The largest absolute Gasteiger partial charge is 0.493 e. The number of ketones is 2. The smallest absolute Gasteiger partial charge is 0.233 e. The molecule has 4 heteroatoms. The highest BCUT2D eigenvalue weighted by Gasteiger charge is 2.19. The van der Waals surface area contributed by atoms with E-state index in [4.69, 9.17) is 9.47 Å². The van der Waals surface area contributed by atoms with Crippen LogP contribution in [0.5, 0.6) is 11.5 Å². The van der Waals surface area contributed by atoms with Crippen molar-refractivity contribution in [2.45, 2.75) is 6.92 Å². The summed E-state index contributed by atoms with van der Waals surface area (Å²) in [7, 11) is 2.99. The lowest BCUT2D eigenvalue weighted by atomic mass is 10.0. The highest BCUT2D eigenvalue weighted by molar-refractivity contribution is 6.49. The Balaban J connectivity index is 2.31. The number of benzene rings is 2. The third-order valence-corrected chi connectivity index (χ3v) is 3.17. The van der Waals surface area contributed by atoms with E-state index in [1.54, 1.807) is 36.4 Å². The fourth-order valence-electron chi connectivity index (χ4n) is 1.94. The standard InChI is InChI=1S/C17H16O4/c1-11-4-6-12(7-5-11)16(18)17(19)13-8-9-14(20-2)15(10-13)21-3/h4-10H,1-3H3. The van der Waals surface area contributed by atoms with Crippen molar-refractivity contribution in [3.05, 3.63) is 59.2 Å². The molecule has 0 heterocycles. The van der Waals surface area contributed by atoms with Gasteiger partial charge in [-0.2, -0.15) is 0 Å². The molecule has 21 heavy (non-hydrogen) atoms. The van der Waals surface area contributed by atoms with Gasteiger partial charge in [0.25, 0.3) is 0 Å². The summed E-state index contributed by atoms with van der Waals surface area (Å²) in [4.78, 5) is 24.4. The highest BCUT2D eigenvalue weighted by Crippen LogP contribution is 2.28. The third-order valence-electron chi connectivity index (χ3n) is 3.17. The Labute approximate surface area is 123 Å². The van der Waals surface area contributed by atoms with E-state index in [0.717, 1.165) is 5.56 Å². The second kappa shape index (κ2) is 6.22. The maximum atomic E-state index is 12.3. The van der Waals surface area contributed by atoms with E-state index >= 15 is 0 Å². The molecule has 0 saturated carbocycles. The topological polar surface area (TPSA) is 52.6 Å². The molecular weight excluding hydrogens is 268 g/mol. The van der Waals surface area contributed by atoms with Crippen molar-refractivity contribution < 1.29 is 19.1 Å². The molecule has 0 aliphatic heterocycles. The molecule has 0 aromatic heterocycles. The number of carbonyl (C=O) groups excluding carboxylic acids is 2. The molecule has 4 nitrogen and oxygen atoms in total. The minimum atomic E-state index is -0.570. The predicted molar refractivity (Wildman–Crippen MR) is 79.4 cm³/mol. The quantitative estimate of drug-likeness (QED) is 0.625. The van der Waals surface area contributed by atoms with Gasteiger partial charge in [-0.15, -0.1) is 0 Å². The molecule has 108 valence electrons. The van der Waals surface area contributed by atoms with Crippen molar-refractivity contribution in [3.63, 3.8) is 0 Å². The van der Waals surface area contributed by atoms with E-state index in [0.29, 0.717) is 17.1 Å². The number of hydrogen-bond acceptors (Lipinski definition) is 4. The molecule has 0 spiro atoms. The van der Waals surface area contributed by atoms with Crippen LogP contribution in [-0.4, -0.2) is 25.8 Å². The zero-order chi connectivity index (χ0) is 15.4. The molecule has 2 rings (SSSR count). The number of aryl methyl sites for hydroxylation is 1. The van der Waals surface area contributed by atoms with Crippen LogP contribution in [0.1, 0.15) is 26.3 Å². The molecule has 0 amide bonds. The summed E-state index contributed by atoms with van der Waals surface area (Å²) < 4.78 is 10.2. The van der Waals surface area contributed by atoms with Gasteiger partial charge in [-0.25, -0.2) is 0 Å². The van der Waals surface area contributed by atoms with Gasteiger partial charge >= 0.3 is 0 Å². The lowest BCUT2D eigenvalue weighted by molar-refractivity contribution is 0.0816. The Morgan fingerprint density at radius 2 is 1.29 bits per heavy atom. The van der Waals surface area contributed by atoms with Crippen LogP contribution in [0.2, 0.25) is 0 Å². The number of rotatable bonds is 5. The summed E-state index contributed by atoms with van der Waals surface area (Å²) >= 11 is 0. The van der Waals surface area contributed by atoms with Crippen LogP contribution in [0.3, 0.4) is 0 Å². The van der Waals surface area contributed by atoms with Crippen molar-refractivity contribution in [2.24, 2.45) is 0 Å². The Kier molecular flexibility index (Phi) is 4.38. The van der Waals surface area contributed by atoms with E-state index in [1.165, 1.54) is 20.3 Å². The van der Waals surface area contributed by atoms with Crippen LogP contribution in [0.25, 0.3) is 0 Å². The SMILES string of the molecule is COc1ccc(C(=O)C(=O)c2ccc(C)cc2)cc1OC. The van der Waals surface area contributed by atoms with E-state index in [1.807, 2.05) is 6.92 Å². The van der Waals surface area contributed by atoms with E-state index in [2.05, 4.69) is 0 Å². The first-order valence-corrected chi connectivity index (χ1v) is 6.44. The first-order chi connectivity index (χ1) is 10.1. The van der Waals surface area contributed by atoms with Gasteiger partial charge in [0, 0.05) is 11.1 Å². The zero-order valence-corrected chi connectivity index (χ0v) is 12.2. The Bertz CT molecular complexity index is 672. The van der Waals surface area contributed by atoms with Crippen molar-refractivity contribution in [1.82, 2.24) is 0 Å².